The Morgan fingerprint density at radius 3 is 2.63 bits per heavy atom. The van der Waals surface area contributed by atoms with Crippen LogP contribution in [0.5, 0.6) is 0 Å². The molecule has 0 aliphatic heterocycles. The topological polar surface area (TPSA) is 75.6 Å². The number of halogens is 2. The minimum atomic E-state index is -4.18. The second-order valence-corrected chi connectivity index (χ2v) is 5.38. The monoisotopic (exact) mass is 295 g/mol. The highest BCUT2D eigenvalue weighted by atomic mass is 32.2. The molecule has 1 aromatic rings. The maximum atomic E-state index is 13.5. The summed E-state index contributed by atoms with van der Waals surface area (Å²) in [6, 6.07) is 1.63. The van der Waals surface area contributed by atoms with Gasteiger partial charge in [0.1, 0.15) is 4.90 Å². The molecular formula is C11H15F2NO4S. The fraction of sp³-hybridized carbons (Fsp3) is 0.455. The molecule has 0 radical (unpaired) electrons. The third kappa shape index (κ3) is 4.20. The molecule has 0 atom stereocenters. The first-order valence-electron chi connectivity index (χ1n) is 5.58. The van der Waals surface area contributed by atoms with Gasteiger partial charge in [-0.3, -0.25) is 0 Å². The normalized spacial score (nSPS) is 11.8. The van der Waals surface area contributed by atoms with Crippen molar-refractivity contribution in [2.75, 3.05) is 19.8 Å². The molecule has 0 bridgehead atoms. The summed E-state index contributed by atoms with van der Waals surface area (Å²) in [6.45, 7) is 1.65. The summed E-state index contributed by atoms with van der Waals surface area (Å²) in [5.74, 6) is -2.79. The van der Waals surface area contributed by atoms with E-state index in [0.29, 0.717) is 6.61 Å². The van der Waals surface area contributed by atoms with Gasteiger partial charge in [-0.15, -0.1) is 0 Å². The van der Waals surface area contributed by atoms with Gasteiger partial charge >= 0.3 is 0 Å². The first-order chi connectivity index (χ1) is 8.92. The highest BCUT2D eigenvalue weighted by Crippen LogP contribution is 2.19. The Labute approximate surface area is 110 Å². The maximum absolute atomic E-state index is 13.5. The summed E-state index contributed by atoms with van der Waals surface area (Å²) in [7, 11) is -4.18. The van der Waals surface area contributed by atoms with E-state index in [-0.39, 0.29) is 18.7 Å². The fourth-order valence-electron chi connectivity index (χ4n) is 1.37. The molecule has 108 valence electrons. The van der Waals surface area contributed by atoms with Crippen molar-refractivity contribution in [3.05, 3.63) is 29.3 Å². The van der Waals surface area contributed by atoms with E-state index in [1.54, 1.807) is 6.92 Å². The van der Waals surface area contributed by atoms with Gasteiger partial charge < -0.3 is 9.84 Å². The van der Waals surface area contributed by atoms with Crippen molar-refractivity contribution >= 4 is 10.0 Å². The molecule has 0 saturated heterocycles. The Morgan fingerprint density at radius 1 is 1.37 bits per heavy atom. The van der Waals surface area contributed by atoms with Crippen LogP contribution in [0, 0.1) is 11.6 Å². The largest absolute Gasteiger partial charge is 0.392 e. The molecule has 19 heavy (non-hydrogen) atoms. The second-order valence-electron chi connectivity index (χ2n) is 3.64. The van der Waals surface area contributed by atoms with E-state index < -0.39 is 33.2 Å². The van der Waals surface area contributed by atoms with Crippen LogP contribution in [0.4, 0.5) is 8.78 Å². The molecule has 0 heterocycles. The van der Waals surface area contributed by atoms with Crippen molar-refractivity contribution in [2.24, 2.45) is 0 Å². The molecule has 5 nitrogen and oxygen atoms in total. The summed E-state index contributed by atoms with van der Waals surface area (Å²) >= 11 is 0. The van der Waals surface area contributed by atoms with Gasteiger partial charge in [0.15, 0.2) is 11.6 Å². The average molecular weight is 295 g/mol. The van der Waals surface area contributed by atoms with E-state index >= 15 is 0 Å². The molecule has 8 heteroatoms. The molecule has 0 aromatic heterocycles. The van der Waals surface area contributed by atoms with Crippen LogP contribution in [-0.4, -0.2) is 33.3 Å². The van der Waals surface area contributed by atoms with E-state index in [2.05, 4.69) is 4.72 Å². The van der Waals surface area contributed by atoms with E-state index in [0.717, 1.165) is 12.1 Å². The molecule has 0 fully saturated rings. The lowest BCUT2D eigenvalue weighted by atomic mass is 10.2. The predicted molar refractivity (Wildman–Crippen MR) is 64.0 cm³/mol. The zero-order valence-corrected chi connectivity index (χ0v) is 11.1. The first-order valence-corrected chi connectivity index (χ1v) is 7.07. The predicted octanol–water partition coefficient (Wildman–Crippen LogP) is 0.772. The molecular weight excluding hydrogens is 280 g/mol. The first kappa shape index (κ1) is 16.0. The number of ether oxygens (including phenoxy) is 1. The third-order valence-corrected chi connectivity index (χ3v) is 3.73. The maximum Gasteiger partial charge on any atom is 0.243 e. The van der Waals surface area contributed by atoms with Crippen LogP contribution in [-0.2, 0) is 21.4 Å². The van der Waals surface area contributed by atoms with Gasteiger partial charge in [0.2, 0.25) is 10.0 Å². The van der Waals surface area contributed by atoms with E-state index in [1.165, 1.54) is 0 Å². The van der Waals surface area contributed by atoms with Crippen molar-refractivity contribution in [2.45, 2.75) is 18.4 Å². The second kappa shape index (κ2) is 6.90. The van der Waals surface area contributed by atoms with Crippen molar-refractivity contribution in [3.63, 3.8) is 0 Å². The van der Waals surface area contributed by atoms with Crippen molar-refractivity contribution in [1.82, 2.24) is 4.72 Å². The quantitative estimate of drug-likeness (QED) is 0.729. The SMILES string of the molecule is CCOCCNS(=O)(=O)c1cc(CO)cc(F)c1F. The van der Waals surface area contributed by atoms with E-state index in [4.69, 9.17) is 9.84 Å². The Bertz CT molecular complexity index is 534. The van der Waals surface area contributed by atoms with Crippen LogP contribution in [0.3, 0.4) is 0 Å². The van der Waals surface area contributed by atoms with Gasteiger partial charge in [0, 0.05) is 13.2 Å². The van der Waals surface area contributed by atoms with Crippen LogP contribution in [0.1, 0.15) is 12.5 Å². The third-order valence-electron chi connectivity index (χ3n) is 2.27. The Hall–Kier alpha value is -1.09. The number of aliphatic hydroxyl groups excluding tert-OH is 1. The summed E-state index contributed by atoms with van der Waals surface area (Å²) in [5, 5.41) is 8.86. The molecule has 0 aliphatic carbocycles. The van der Waals surface area contributed by atoms with E-state index in [1.807, 2.05) is 0 Å². The standard InChI is InChI=1S/C11H15F2NO4S/c1-2-18-4-3-14-19(16,17)10-6-8(7-15)5-9(12)11(10)13/h5-6,14-15H,2-4,7H2,1H3. The Balaban J connectivity index is 2.97. The molecule has 2 N–H and O–H groups in total. The van der Waals surface area contributed by atoms with E-state index in [9.17, 15) is 17.2 Å². The highest BCUT2D eigenvalue weighted by Gasteiger charge is 2.22. The van der Waals surface area contributed by atoms with Crippen LogP contribution in [0.2, 0.25) is 0 Å². The van der Waals surface area contributed by atoms with Crippen LogP contribution >= 0.6 is 0 Å². The van der Waals surface area contributed by atoms with Gasteiger partial charge in [-0.2, -0.15) is 0 Å². The van der Waals surface area contributed by atoms with Gasteiger partial charge in [0.05, 0.1) is 13.2 Å². The summed E-state index contributed by atoms with van der Waals surface area (Å²) in [4.78, 5) is -0.826. The fourth-order valence-corrected chi connectivity index (χ4v) is 2.52. The molecule has 0 spiro atoms. The smallest absolute Gasteiger partial charge is 0.243 e. The number of rotatable bonds is 7. The van der Waals surface area contributed by atoms with Gasteiger partial charge in [-0.25, -0.2) is 21.9 Å². The molecule has 0 amide bonds. The molecule has 0 unspecified atom stereocenters. The Kier molecular flexibility index (Phi) is 5.80. The zero-order valence-electron chi connectivity index (χ0n) is 10.3. The summed E-state index contributed by atoms with van der Waals surface area (Å²) < 4.78 is 57.3. The van der Waals surface area contributed by atoms with Crippen molar-refractivity contribution in [1.29, 1.82) is 0 Å². The lowest BCUT2D eigenvalue weighted by molar-refractivity contribution is 0.153. The number of benzene rings is 1. The minimum Gasteiger partial charge on any atom is -0.392 e. The van der Waals surface area contributed by atoms with Gasteiger partial charge in [-0.1, -0.05) is 0 Å². The zero-order chi connectivity index (χ0) is 14.5. The van der Waals surface area contributed by atoms with Crippen LogP contribution in [0.15, 0.2) is 17.0 Å². The number of nitrogens with one attached hydrogen (secondary N) is 1. The highest BCUT2D eigenvalue weighted by molar-refractivity contribution is 7.89. The summed E-state index contributed by atoms with van der Waals surface area (Å²) in [6.07, 6.45) is 0. The molecule has 1 aromatic carbocycles. The molecule has 1 rings (SSSR count). The average Bonchev–Trinajstić information content (AvgIpc) is 2.37. The number of hydrogen-bond donors (Lipinski definition) is 2. The lowest BCUT2D eigenvalue weighted by Crippen LogP contribution is -2.28. The van der Waals surface area contributed by atoms with Crippen LogP contribution < -0.4 is 4.72 Å². The molecule has 0 aliphatic rings. The van der Waals surface area contributed by atoms with Gasteiger partial charge in [-0.05, 0) is 24.6 Å². The molecule has 0 saturated carbocycles. The number of hydrogen-bond acceptors (Lipinski definition) is 4. The summed E-state index contributed by atoms with van der Waals surface area (Å²) in [5.41, 5.74) is -0.0240. The number of aliphatic hydroxyl groups is 1. The van der Waals surface area contributed by atoms with Crippen molar-refractivity contribution in [3.8, 4) is 0 Å². The van der Waals surface area contributed by atoms with Gasteiger partial charge in [0.25, 0.3) is 0 Å². The Morgan fingerprint density at radius 2 is 2.05 bits per heavy atom. The lowest BCUT2D eigenvalue weighted by Gasteiger charge is -2.09. The van der Waals surface area contributed by atoms with Crippen LogP contribution in [0.25, 0.3) is 0 Å². The minimum absolute atomic E-state index is 0.0240. The van der Waals surface area contributed by atoms with Crippen molar-refractivity contribution < 1.29 is 27.0 Å². The number of sulfonamides is 1.